The van der Waals surface area contributed by atoms with Crippen LogP contribution in [0.15, 0.2) is 25.2 Å². The molecule has 0 spiro atoms. The number of likely N-dealkylation sites (tertiary alicyclic amines) is 1. The SMILES string of the molecule is C=CC(=O)N1CCCC(Nc2ncnc3[nH]cc([C@@H]4C[C@H]4COC)c23)C1. The maximum atomic E-state index is 11.9. The van der Waals surface area contributed by atoms with Crippen LogP contribution in [-0.2, 0) is 9.53 Å². The molecule has 1 unspecified atom stereocenters. The highest BCUT2D eigenvalue weighted by Gasteiger charge is 2.40. The van der Waals surface area contributed by atoms with Gasteiger partial charge in [-0.2, -0.15) is 0 Å². The first-order valence-electron chi connectivity index (χ1n) is 9.20. The first-order chi connectivity index (χ1) is 12.7. The molecule has 1 saturated carbocycles. The number of anilines is 1. The highest BCUT2D eigenvalue weighted by atomic mass is 16.5. The summed E-state index contributed by atoms with van der Waals surface area (Å²) in [4.78, 5) is 25.9. The second kappa shape index (κ2) is 7.07. The highest BCUT2D eigenvalue weighted by Crippen LogP contribution is 2.50. The van der Waals surface area contributed by atoms with Gasteiger partial charge < -0.3 is 19.9 Å². The third-order valence-corrected chi connectivity index (χ3v) is 5.45. The standard InChI is InChI=1S/C19H25N5O2/c1-3-16(25)24-6-4-5-13(9-24)23-19-17-15(14-7-12(14)10-26-2)8-20-18(17)21-11-22-19/h3,8,11-14H,1,4-7,9-10H2,2H3,(H2,20,21,22,23)/t12-,13?,14+/m0/s1. The Morgan fingerprint density at radius 1 is 1.54 bits per heavy atom. The van der Waals surface area contributed by atoms with Gasteiger partial charge in [0.05, 0.1) is 5.39 Å². The molecule has 7 nitrogen and oxygen atoms in total. The van der Waals surface area contributed by atoms with Gasteiger partial charge in [-0.15, -0.1) is 0 Å². The fraction of sp³-hybridized carbons (Fsp3) is 0.526. The zero-order valence-electron chi connectivity index (χ0n) is 15.1. The van der Waals surface area contributed by atoms with Crippen LogP contribution in [0.25, 0.3) is 11.0 Å². The van der Waals surface area contributed by atoms with Gasteiger partial charge in [0, 0.05) is 39.0 Å². The summed E-state index contributed by atoms with van der Waals surface area (Å²) in [5, 5.41) is 4.63. The van der Waals surface area contributed by atoms with Gasteiger partial charge in [-0.05, 0) is 42.7 Å². The Morgan fingerprint density at radius 2 is 2.42 bits per heavy atom. The number of amides is 1. The second-order valence-electron chi connectivity index (χ2n) is 7.22. The lowest BCUT2D eigenvalue weighted by Gasteiger charge is -2.33. The van der Waals surface area contributed by atoms with Crippen LogP contribution in [0.3, 0.4) is 0 Å². The molecule has 3 atom stereocenters. The van der Waals surface area contributed by atoms with Gasteiger partial charge in [0.1, 0.15) is 17.8 Å². The maximum Gasteiger partial charge on any atom is 0.246 e. The summed E-state index contributed by atoms with van der Waals surface area (Å²) in [6.45, 7) is 5.84. The fourth-order valence-electron chi connectivity index (χ4n) is 4.03. The lowest BCUT2D eigenvalue weighted by Crippen LogP contribution is -2.44. The van der Waals surface area contributed by atoms with Crippen LogP contribution in [-0.4, -0.2) is 58.6 Å². The van der Waals surface area contributed by atoms with E-state index in [4.69, 9.17) is 4.74 Å². The Hall–Kier alpha value is -2.41. The molecule has 7 heteroatoms. The molecule has 0 radical (unpaired) electrons. The first kappa shape index (κ1) is 17.0. The summed E-state index contributed by atoms with van der Waals surface area (Å²) in [5.74, 6) is 1.92. The number of nitrogens with zero attached hydrogens (tertiary/aromatic N) is 3. The maximum absolute atomic E-state index is 11.9. The minimum Gasteiger partial charge on any atom is -0.384 e. The van der Waals surface area contributed by atoms with E-state index < -0.39 is 0 Å². The molecule has 2 aliphatic rings. The van der Waals surface area contributed by atoms with Crippen molar-refractivity contribution < 1.29 is 9.53 Å². The molecule has 1 saturated heterocycles. The normalized spacial score (nSPS) is 25.3. The van der Waals surface area contributed by atoms with Crippen molar-refractivity contribution in [2.45, 2.75) is 31.2 Å². The third kappa shape index (κ3) is 3.19. The molecule has 2 N–H and O–H groups in total. The molecule has 0 bridgehead atoms. The average molecular weight is 355 g/mol. The van der Waals surface area contributed by atoms with Crippen LogP contribution in [0.2, 0.25) is 0 Å². The molecule has 1 aliphatic carbocycles. The minimum atomic E-state index is -0.00736. The van der Waals surface area contributed by atoms with E-state index in [1.165, 1.54) is 11.6 Å². The topological polar surface area (TPSA) is 83.1 Å². The lowest BCUT2D eigenvalue weighted by molar-refractivity contribution is -0.127. The largest absolute Gasteiger partial charge is 0.384 e. The van der Waals surface area contributed by atoms with Crippen molar-refractivity contribution in [3.05, 3.63) is 30.7 Å². The molecule has 2 aromatic heterocycles. The van der Waals surface area contributed by atoms with Gasteiger partial charge in [-0.1, -0.05) is 6.58 Å². The summed E-state index contributed by atoms with van der Waals surface area (Å²) < 4.78 is 5.30. The van der Waals surface area contributed by atoms with Crippen LogP contribution in [0.5, 0.6) is 0 Å². The predicted octanol–water partition coefficient (Wildman–Crippen LogP) is 2.30. The number of aromatic nitrogens is 3. The molecular weight excluding hydrogens is 330 g/mol. The van der Waals surface area contributed by atoms with Gasteiger partial charge >= 0.3 is 0 Å². The summed E-state index contributed by atoms with van der Waals surface area (Å²) in [6, 6.07) is 0.183. The number of ether oxygens (including phenoxy) is 1. The van der Waals surface area contributed by atoms with Crippen molar-refractivity contribution in [1.82, 2.24) is 19.9 Å². The molecule has 26 heavy (non-hydrogen) atoms. The van der Waals surface area contributed by atoms with E-state index in [0.717, 1.165) is 49.3 Å². The number of carbonyl (C=O) groups excluding carboxylic acids is 1. The minimum absolute atomic E-state index is 0.00736. The number of hydrogen-bond donors (Lipinski definition) is 2. The van der Waals surface area contributed by atoms with E-state index >= 15 is 0 Å². The lowest BCUT2D eigenvalue weighted by atomic mass is 10.0. The summed E-state index contributed by atoms with van der Waals surface area (Å²) >= 11 is 0. The van der Waals surface area contributed by atoms with Gasteiger partial charge in [-0.3, -0.25) is 4.79 Å². The molecule has 4 rings (SSSR count). The number of piperidine rings is 1. The fourth-order valence-corrected chi connectivity index (χ4v) is 4.03. The average Bonchev–Trinajstić information content (AvgIpc) is 3.28. The van der Waals surface area contributed by atoms with Crippen LogP contribution < -0.4 is 5.32 Å². The predicted molar refractivity (Wildman–Crippen MR) is 100 cm³/mol. The molecule has 3 heterocycles. The molecule has 2 fully saturated rings. The number of rotatable bonds is 6. The molecular formula is C19H25N5O2. The highest BCUT2D eigenvalue weighted by molar-refractivity contribution is 5.91. The first-order valence-corrected chi connectivity index (χ1v) is 9.20. The monoisotopic (exact) mass is 355 g/mol. The van der Waals surface area contributed by atoms with Crippen molar-refractivity contribution >= 4 is 22.8 Å². The Labute approximate surface area is 152 Å². The number of H-pyrrole nitrogens is 1. The second-order valence-corrected chi connectivity index (χ2v) is 7.22. The van der Waals surface area contributed by atoms with E-state index in [1.54, 1.807) is 13.4 Å². The van der Waals surface area contributed by atoms with E-state index in [-0.39, 0.29) is 11.9 Å². The van der Waals surface area contributed by atoms with E-state index in [1.807, 2.05) is 4.90 Å². The quantitative estimate of drug-likeness (QED) is 0.777. The third-order valence-electron chi connectivity index (χ3n) is 5.45. The molecule has 2 aromatic rings. The van der Waals surface area contributed by atoms with Crippen LogP contribution in [0.1, 0.15) is 30.7 Å². The summed E-state index contributed by atoms with van der Waals surface area (Å²) in [5.41, 5.74) is 2.12. The summed E-state index contributed by atoms with van der Waals surface area (Å²) in [6.07, 6.45) is 8.16. The van der Waals surface area contributed by atoms with Crippen molar-refractivity contribution in [2.75, 3.05) is 32.1 Å². The number of methoxy groups -OCH3 is 1. The zero-order chi connectivity index (χ0) is 18.1. The van der Waals surface area contributed by atoms with Crippen LogP contribution in [0.4, 0.5) is 5.82 Å². The Bertz CT molecular complexity index is 817. The Kier molecular flexibility index (Phi) is 4.63. The van der Waals surface area contributed by atoms with E-state index in [0.29, 0.717) is 18.4 Å². The van der Waals surface area contributed by atoms with Crippen molar-refractivity contribution in [2.24, 2.45) is 5.92 Å². The molecule has 138 valence electrons. The number of hydrogen-bond acceptors (Lipinski definition) is 5. The molecule has 1 aliphatic heterocycles. The van der Waals surface area contributed by atoms with Crippen LogP contribution in [0, 0.1) is 5.92 Å². The molecule has 1 amide bonds. The van der Waals surface area contributed by atoms with Gasteiger partial charge in [-0.25, -0.2) is 9.97 Å². The van der Waals surface area contributed by atoms with Crippen molar-refractivity contribution in [3.63, 3.8) is 0 Å². The number of fused-ring (bicyclic) bond motifs is 1. The van der Waals surface area contributed by atoms with Crippen LogP contribution >= 0.6 is 0 Å². The summed E-state index contributed by atoms with van der Waals surface area (Å²) in [7, 11) is 1.75. The number of aromatic amines is 1. The van der Waals surface area contributed by atoms with Gasteiger partial charge in [0.2, 0.25) is 5.91 Å². The smallest absolute Gasteiger partial charge is 0.246 e. The molecule has 0 aromatic carbocycles. The van der Waals surface area contributed by atoms with Gasteiger partial charge in [0.25, 0.3) is 0 Å². The Balaban J connectivity index is 1.56. The zero-order valence-corrected chi connectivity index (χ0v) is 15.1. The number of nitrogens with one attached hydrogen (secondary N) is 2. The van der Waals surface area contributed by atoms with E-state index in [9.17, 15) is 4.79 Å². The van der Waals surface area contributed by atoms with Gasteiger partial charge in [0.15, 0.2) is 0 Å². The van der Waals surface area contributed by atoms with Crippen molar-refractivity contribution in [1.29, 1.82) is 0 Å². The van der Waals surface area contributed by atoms with E-state index in [2.05, 4.69) is 33.0 Å². The van der Waals surface area contributed by atoms with Crippen molar-refractivity contribution in [3.8, 4) is 0 Å². The number of carbonyl (C=O) groups is 1. The Morgan fingerprint density at radius 3 is 3.23 bits per heavy atom.